The lowest BCUT2D eigenvalue weighted by atomic mass is 9.78. The fourth-order valence-electron chi connectivity index (χ4n) is 5.70. The van der Waals surface area contributed by atoms with Gasteiger partial charge in [-0.15, -0.1) is 0 Å². The quantitative estimate of drug-likeness (QED) is 0.451. The molecule has 2 amide bonds. The van der Waals surface area contributed by atoms with Crippen molar-refractivity contribution in [3.63, 3.8) is 0 Å². The molecule has 7 heteroatoms. The molecule has 0 bridgehead atoms. The van der Waals surface area contributed by atoms with Gasteiger partial charge in [-0.05, 0) is 60.0 Å². The van der Waals surface area contributed by atoms with Crippen LogP contribution in [0.2, 0.25) is 0 Å². The molecule has 3 aromatic carbocycles. The van der Waals surface area contributed by atoms with E-state index in [0.29, 0.717) is 24.4 Å². The van der Waals surface area contributed by atoms with Crippen LogP contribution >= 0.6 is 0 Å². The maximum absolute atomic E-state index is 14.3. The Morgan fingerprint density at radius 2 is 1.63 bits per heavy atom. The summed E-state index contributed by atoms with van der Waals surface area (Å²) in [5, 5.41) is 0. The summed E-state index contributed by atoms with van der Waals surface area (Å²) in [6.07, 6.45) is 1.09. The highest BCUT2D eigenvalue weighted by atomic mass is 19.1. The van der Waals surface area contributed by atoms with E-state index in [4.69, 9.17) is 4.74 Å². The van der Waals surface area contributed by atoms with Crippen molar-refractivity contribution in [3.8, 4) is 5.75 Å². The van der Waals surface area contributed by atoms with Crippen LogP contribution in [0.25, 0.3) is 0 Å². The summed E-state index contributed by atoms with van der Waals surface area (Å²) < 4.78 is 19.0. The summed E-state index contributed by atoms with van der Waals surface area (Å²) in [6, 6.07) is 20.7. The molecule has 5 rings (SSSR count). The van der Waals surface area contributed by atoms with Gasteiger partial charge in [0.2, 0.25) is 5.91 Å². The number of nitrogens with zero attached hydrogens (tertiary/aromatic N) is 3. The van der Waals surface area contributed by atoms with E-state index in [-0.39, 0.29) is 24.2 Å². The first-order valence-electron chi connectivity index (χ1n) is 13.3. The number of ether oxygens (including phenoxy) is 1. The maximum Gasteiger partial charge on any atom is 0.255 e. The fourth-order valence-corrected chi connectivity index (χ4v) is 5.70. The Bertz CT molecular complexity index is 1270. The van der Waals surface area contributed by atoms with Crippen molar-refractivity contribution in [2.75, 3.05) is 39.8 Å². The Morgan fingerprint density at radius 3 is 2.29 bits per heavy atom. The fraction of sp³-hybridized carbons (Fsp3) is 0.355. The van der Waals surface area contributed by atoms with Crippen molar-refractivity contribution in [2.45, 2.75) is 31.8 Å². The molecular weight excluding hydrogens is 481 g/mol. The molecular formula is C31H34FN3O3. The molecule has 6 nitrogen and oxygen atoms in total. The molecule has 1 fully saturated rings. The second kappa shape index (κ2) is 11.4. The van der Waals surface area contributed by atoms with Gasteiger partial charge in [-0.25, -0.2) is 4.39 Å². The van der Waals surface area contributed by atoms with Gasteiger partial charge < -0.3 is 14.5 Å². The number of halogens is 1. The first-order chi connectivity index (χ1) is 18.5. The van der Waals surface area contributed by atoms with Gasteiger partial charge in [0.05, 0.1) is 19.1 Å². The SMILES string of the molecule is CCCN1CCN(C(=O)[C@H]2c3ccccc3C(=O)N(Cc3ccc(F)cc3)[C@H]2c2ccc(OC)cc2)CC1. The predicted molar refractivity (Wildman–Crippen MR) is 145 cm³/mol. The van der Waals surface area contributed by atoms with Crippen molar-refractivity contribution < 1.29 is 18.7 Å². The van der Waals surface area contributed by atoms with Gasteiger partial charge in [0, 0.05) is 38.3 Å². The van der Waals surface area contributed by atoms with Gasteiger partial charge in [0.1, 0.15) is 11.6 Å². The standard InChI is InChI=1S/C31H34FN3O3/c1-3-16-33-17-19-34(20-18-33)31(37)28-26-6-4-5-7-27(26)30(36)35(21-22-8-12-24(32)13-9-22)29(28)23-10-14-25(38-2)15-11-23/h4-15,28-29H,3,16-21H2,1-2H3/t28-,29-/m0/s1. The van der Waals surface area contributed by atoms with Crippen molar-refractivity contribution in [1.82, 2.24) is 14.7 Å². The second-order valence-electron chi connectivity index (χ2n) is 10.0. The average molecular weight is 516 g/mol. The number of carbonyl (C=O) groups excluding carboxylic acids is 2. The van der Waals surface area contributed by atoms with Crippen LogP contribution in [0.1, 0.15) is 52.4 Å². The third-order valence-electron chi connectivity index (χ3n) is 7.65. The minimum Gasteiger partial charge on any atom is -0.497 e. The monoisotopic (exact) mass is 515 g/mol. The number of methoxy groups -OCH3 is 1. The van der Waals surface area contributed by atoms with Gasteiger partial charge in [-0.3, -0.25) is 14.5 Å². The third-order valence-corrected chi connectivity index (χ3v) is 7.65. The zero-order valence-corrected chi connectivity index (χ0v) is 22.0. The Balaban J connectivity index is 1.57. The molecule has 0 aliphatic carbocycles. The van der Waals surface area contributed by atoms with E-state index < -0.39 is 12.0 Å². The van der Waals surface area contributed by atoms with Gasteiger partial charge in [-0.2, -0.15) is 0 Å². The smallest absolute Gasteiger partial charge is 0.255 e. The maximum atomic E-state index is 14.3. The Labute approximate surface area is 223 Å². The molecule has 198 valence electrons. The summed E-state index contributed by atoms with van der Waals surface area (Å²) in [6.45, 7) is 6.49. The predicted octanol–water partition coefficient (Wildman–Crippen LogP) is 4.87. The molecule has 0 saturated carbocycles. The molecule has 2 aliphatic rings. The molecule has 1 saturated heterocycles. The van der Waals surface area contributed by atoms with Crippen LogP contribution < -0.4 is 4.74 Å². The Hall–Kier alpha value is -3.71. The number of benzene rings is 3. The number of hydrogen-bond donors (Lipinski definition) is 0. The summed E-state index contributed by atoms with van der Waals surface area (Å²) in [5.74, 6) is -0.286. The van der Waals surface area contributed by atoms with Crippen molar-refractivity contribution >= 4 is 11.8 Å². The number of fused-ring (bicyclic) bond motifs is 1. The molecule has 3 aromatic rings. The zero-order valence-electron chi connectivity index (χ0n) is 22.0. The van der Waals surface area contributed by atoms with Crippen molar-refractivity contribution in [3.05, 3.63) is 101 Å². The first kappa shape index (κ1) is 25.9. The van der Waals surface area contributed by atoms with Crippen molar-refractivity contribution in [1.29, 1.82) is 0 Å². The topological polar surface area (TPSA) is 53.1 Å². The normalized spacial score (nSPS) is 19.8. The number of piperazine rings is 1. The van der Waals surface area contributed by atoms with E-state index in [1.54, 1.807) is 30.2 Å². The number of hydrogen-bond acceptors (Lipinski definition) is 4. The molecule has 0 radical (unpaired) electrons. The van der Waals surface area contributed by atoms with E-state index >= 15 is 0 Å². The highest BCUT2D eigenvalue weighted by Crippen LogP contribution is 2.44. The third kappa shape index (κ3) is 5.16. The van der Waals surface area contributed by atoms with Gasteiger partial charge >= 0.3 is 0 Å². The van der Waals surface area contributed by atoms with Crippen LogP contribution in [0, 0.1) is 5.82 Å². The first-order valence-corrected chi connectivity index (χ1v) is 13.3. The summed E-state index contributed by atoms with van der Waals surface area (Å²) >= 11 is 0. The summed E-state index contributed by atoms with van der Waals surface area (Å²) in [5.41, 5.74) is 2.97. The Kier molecular flexibility index (Phi) is 7.74. The van der Waals surface area contributed by atoms with Gasteiger partial charge in [0.25, 0.3) is 5.91 Å². The van der Waals surface area contributed by atoms with Crippen LogP contribution in [-0.2, 0) is 11.3 Å². The van der Waals surface area contributed by atoms with Crippen LogP contribution in [0.4, 0.5) is 4.39 Å². The zero-order chi connectivity index (χ0) is 26.6. The van der Waals surface area contributed by atoms with Crippen molar-refractivity contribution in [2.24, 2.45) is 0 Å². The average Bonchev–Trinajstić information content (AvgIpc) is 2.96. The molecule has 0 aromatic heterocycles. The lowest BCUT2D eigenvalue weighted by Crippen LogP contribution is -2.53. The van der Waals surface area contributed by atoms with Crippen LogP contribution in [0.3, 0.4) is 0 Å². The van der Waals surface area contributed by atoms with Crippen LogP contribution in [0.15, 0.2) is 72.8 Å². The lowest BCUT2D eigenvalue weighted by molar-refractivity contribution is -0.136. The molecule has 0 N–H and O–H groups in total. The highest BCUT2D eigenvalue weighted by molar-refractivity contribution is 6.01. The summed E-state index contributed by atoms with van der Waals surface area (Å²) in [7, 11) is 1.61. The molecule has 2 heterocycles. The molecule has 38 heavy (non-hydrogen) atoms. The molecule has 0 spiro atoms. The minimum absolute atomic E-state index is 0.0334. The largest absolute Gasteiger partial charge is 0.497 e. The van der Waals surface area contributed by atoms with E-state index in [9.17, 15) is 14.0 Å². The second-order valence-corrected chi connectivity index (χ2v) is 10.0. The van der Waals surface area contributed by atoms with Crippen LogP contribution in [0.5, 0.6) is 5.75 Å². The Morgan fingerprint density at radius 1 is 0.947 bits per heavy atom. The van der Waals surface area contributed by atoms with E-state index in [2.05, 4.69) is 11.8 Å². The highest BCUT2D eigenvalue weighted by Gasteiger charge is 2.45. The van der Waals surface area contributed by atoms with E-state index in [1.165, 1.54) is 12.1 Å². The summed E-state index contributed by atoms with van der Waals surface area (Å²) in [4.78, 5) is 34.4. The molecule has 2 atom stereocenters. The van der Waals surface area contributed by atoms with Gasteiger partial charge in [0.15, 0.2) is 0 Å². The number of carbonyl (C=O) groups is 2. The van der Waals surface area contributed by atoms with Crippen LogP contribution in [-0.4, -0.2) is 66.3 Å². The minimum atomic E-state index is -0.560. The van der Waals surface area contributed by atoms with E-state index in [0.717, 1.165) is 42.7 Å². The van der Waals surface area contributed by atoms with Gasteiger partial charge in [-0.1, -0.05) is 49.4 Å². The molecule has 2 aliphatic heterocycles. The lowest BCUT2D eigenvalue weighted by Gasteiger charge is -2.44. The van der Waals surface area contributed by atoms with E-state index in [1.807, 2.05) is 47.4 Å². The number of amides is 2. The number of rotatable bonds is 7. The molecule has 0 unspecified atom stereocenters.